The zero-order chi connectivity index (χ0) is 16.6. The molecule has 24 heavy (non-hydrogen) atoms. The van der Waals surface area contributed by atoms with Crippen LogP contribution >= 0.6 is 11.6 Å². The Morgan fingerprint density at radius 1 is 1.25 bits per heavy atom. The molecule has 4 rings (SSSR count). The van der Waals surface area contributed by atoms with Crippen LogP contribution in [0, 0.1) is 5.41 Å². The molecule has 3 aliphatic heterocycles. The molecule has 0 unspecified atom stereocenters. The van der Waals surface area contributed by atoms with Gasteiger partial charge < -0.3 is 14.5 Å². The van der Waals surface area contributed by atoms with Gasteiger partial charge in [-0.05, 0) is 44.2 Å². The fourth-order valence-electron chi connectivity index (χ4n) is 4.49. The first kappa shape index (κ1) is 16.2. The van der Waals surface area contributed by atoms with Crippen molar-refractivity contribution in [2.75, 3.05) is 37.7 Å². The van der Waals surface area contributed by atoms with Crippen molar-refractivity contribution in [3.05, 3.63) is 23.4 Å². The lowest BCUT2D eigenvalue weighted by Gasteiger charge is -2.40. The molecule has 5 nitrogen and oxygen atoms in total. The summed E-state index contributed by atoms with van der Waals surface area (Å²) in [5.41, 5.74) is -0.253. The minimum atomic E-state index is -0.253. The molecule has 1 atom stereocenters. The number of carbonyl (C=O) groups is 1. The van der Waals surface area contributed by atoms with Crippen molar-refractivity contribution < 1.29 is 9.53 Å². The summed E-state index contributed by atoms with van der Waals surface area (Å²) in [5, 5.41) is 0.668. The second-order valence-electron chi connectivity index (χ2n) is 7.21. The molecule has 1 aromatic rings. The number of ether oxygens (including phenoxy) is 1. The average Bonchev–Trinajstić information content (AvgIpc) is 2.92. The number of anilines is 1. The Balaban J connectivity index is 1.53. The molecule has 1 aromatic heterocycles. The van der Waals surface area contributed by atoms with Gasteiger partial charge in [0.05, 0.1) is 10.4 Å². The van der Waals surface area contributed by atoms with Crippen LogP contribution in [0.1, 0.15) is 32.1 Å². The first-order chi connectivity index (χ1) is 11.7. The Morgan fingerprint density at radius 2 is 2.08 bits per heavy atom. The summed E-state index contributed by atoms with van der Waals surface area (Å²) in [6.07, 6.45) is 6.65. The number of rotatable bonds is 2. The van der Waals surface area contributed by atoms with Crippen molar-refractivity contribution in [1.29, 1.82) is 0 Å². The summed E-state index contributed by atoms with van der Waals surface area (Å²) in [6.45, 7) is 4.09. The van der Waals surface area contributed by atoms with E-state index in [9.17, 15) is 4.79 Å². The summed E-state index contributed by atoms with van der Waals surface area (Å²) in [4.78, 5) is 22.0. The van der Waals surface area contributed by atoms with E-state index >= 15 is 0 Å². The number of aromatic nitrogens is 1. The Bertz CT molecular complexity index is 620. The Hall–Kier alpha value is -1.33. The lowest BCUT2D eigenvalue weighted by atomic mass is 9.78. The van der Waals surface area contributed by atoms with Gasteiger partial charge in [0.1, 0.15) is 5.82 Å². The van der Waals surface area contributed by atoms with Gasteiger partial charge in [0.15, 0.2) is 0 Å². The van der Waals surface area contributed by atoms with Crippen molar-refractivity contribution in [2.24, 2.45) is 5.41 Å². The van der Waals surface area contributed by atoms with E-state index in [1.807, 2.05) is 12.1 Å². The Kier molecular flexibility index (Phi) is 4.39. The number of hydrogen-bond acceptors (Lipinski definition) is 4. The third-order valence-electron chi connectivity index (χ3n) is 5.79. The van der Waals surface area contributed by atoms with Crippen molar-refractivity contribution in [1.82, 2.24) is 9.88 Å². The van der Waals surface area contributed by atoms with E-state index in [1.165, 1.54) is 0 Å². The lowest BCUT2D eigenvalue weighted by Crippen LogP contribution is -2.50. The molecule has 4 heterocycles. The molecule has 0 saturated carbocycles. The maximum absolute atomic E-state index is 13.2. The van der Waals surface area contributed by atoms with Crippen molar-refractivity contribution in [3.63, 3.8) is 0 Å². The highest BCUT2D eigenvalue weighted by atomic mass is 35.5. The SMILES string of the molecule is O=C1N(C2CCOCC2)CC[C@@]12CCCN(c1ncccc1Cl)C2. The quantitative estimate of drug-likeness (QED) is 0.823. The van der Waals surface area contributed by atoms with Gasteiger partial charge in [0.25, 0.3) is 0 Å². The second kappa shape index (κ2) is 6.52. The summed E-state index contributed by atoms with van der Waals surface area (Å²) in [7, 11) is 0. The topological polar surface area (TPSA) is 45.7 Å². The van der Waals surface area contributed by atoms with Gasteiger partial charge in [-0.1, -0.05) is 11.6 Å². The Morgan fingerprint density at radius 3 is 2.88 bits per heavy atom. The van der Waals surface area contributed by atoms with Crippen LogP contribution in [0.5, 0.6) is 0 Å². The van der Waals surface area contributed by atoms with E-state index in [0.29, 0.717) is 17.0 Å². The maximum Gasteiger partial charge on any atom is 0.230 e. The second-order valence-corrected chi connectivity index (χ2v) is 7.61. The molecule has 0 aromatic carbocycles. The van der Waals surface area contributed by atoms with Crippen LogP contribution in [0.2, 0.25) is 5.02 Å². The van der Waals surface area contributed by atoms with E-state index in [0.717, 1.165) is 70.8 Å². The Labute approximate surface area is 147 Å². The van der Waals surface area contributed by atoms with E-state index in [4.69, 9.17) is 16.3 Å². The van der Waals surface area contributed by atoms with E-state index in [1.54, 1.807) is 6.20 Å². The number of piperidine rings is 1. The predicted octanol–water partition coefficient (Wildman–Crippen LogP) is 2.73. The van der Waals surface area contributed by atoms with Crippen LogP contribution in [0.25, 0.3) is 0 Å². The van der Waals surface area contributed by atoms with Crippen molar-refractivity contribution >= 4 is 23.3 Å². The van der Waals surface area contributed by atoms with E-state index < -0.39 is 0 Å². The lowest BCUT2D eigenvalue weighted by molar-refractivity contribution is -0.139. The summed E-state index contributed by atoms with van der Waals surface area (Å²) < 4.78 is 5.45. The van der Waals surface area contributed by atoms with Crippen LogP contribution in [-0.4, -0.2) is 54.7 Å². The minimum Gasteiger partial charge on any atom is -0.381 e. The number of nitrogens with zero attached hydrogens (tertiary/aromatic N) is 3. The fraction of sp³-hybridized carbons (Fsp3) is 0.667. The van der Waals surface area contributed by atoms with Crippen LogP contribution in [0.3, 0.4) is 0 Å². The highest BCUT2D eigenvalue weighted by Gasteiger charge is 2.50. The standard InChI is InChI=1S/C18H24ClN3O2/c19-15-3-1-8-20-16(15)21-9-2-6-18(13-21)7-10-22(17(18)23)14-4-11-24-12-5-14/h1,3,8,14H,2,4-7,9-13H2/t18-/m1/s1. The molecule has 0 radical (unpaired) electrons. The molecule has 3 saturated heterocycles. The highest BCUT2D eigenvalue weighted by molar-refractivity contribution is 6.32. The number of pyridine rings is 1. The molecular weight excluding hydrogens is 326 g/mol. The molecular formula is C18H24ClN3O2. The smallest absolute Gasteiger partial charge is 0.230 e. The number of amides is 1. The maximum atomic E-state index is 13.2. The van der Waals surface area contributed by atoms with Gasteiger partial charge in [-0.25, -0.2) is 4.98 Å². The number of halogens is 1. The predicted molar refractivity (Wildman–Crippen MR) is 93.3 cm³/mol. The molecule has 130 valence electrons. The third-order valence-corrected chi connectivity index (χ3v) is 6.09. The molecule has 0 N–H and O–H groups in total. The van der Waals surface area contributed by atoms with Gasteiger partial charge in [0, 0.05) is 45.1 Å². The van der Waals surface area contributed by atoms with Crippen LogP contribution in [0.15, 0.2) is 18.3 Å². The van der Waals surface area contributed by atoms with Crippen molar-refractivity contribution in [3.8, 4) is 0 Å². The van der Waals surface area contributed by atoms with Gasteiger partial charge in [-0.2, -0.15) is 0 Å². The molecule has 1 spiro atoms. The number of hydrogen-bond donors (Lipinski definition) is 0. The molecule has 3 fully saturated rings. The summed E-state index contributed by atoms with van der Waals surface area (Å²) in [5.74, 6) is 1.15. The van der Waals surface area contributed by atoms with E-state index in [2.05, 4.69) is 14.8 Å². The number of likely N-dealkylation sites (tertiary alicyclic amines) is 1. The van der Waals surface area contributed by atoms with Crippen LogP contribution < -0.4 is 4.90 Å². The van der Waals surface area contributed by atoms with Crippen molar-refractivity contribution in [2.45, 2.75) is 38.1 Å². The zero-order valence-electron chi connectivity index (χ0n) is 13.9. The molecule has 6 heteroatoms. The minimum absolute atomic E-state index is 0.253. The van der Waals surface area contributed by atoms with Gasteiger partial charge in [-0.3, -0.25) is 4.79 Å². The molecule has 0 aliphatic carbocycles. The highest BCUT2D eigenvalue weighted by Crippen LogP contribution is 2.43. The van der Waals surface area contributed by atoms with Gasteiger partial charge in [0.2, 0.25) is 5.91 Å². The fourth-order valence-corrected chi connectivity index (χ4v) is 4.74. The number of carbonyl (C=O) groups excluding carboxylic acids is 1. The normalized spacial score (nSPS) is 28.8. The average molecular weight is 350 g/mol. The molecule has 3 aliphatic rings. The van der Waals surface area contributed by atoms with Gasteiger partial charge in [-0.15, -0.1) is 0 Å². The van der Waals surface area contributed by atoms with Gasteiger partial charge >= 0.3 is 0 Å². The van der Waals surface area contributed by atoms with Crippen LogP contribution in [0.4, 0.5) is 5.82 Å². The van der Waals surface area contributed by atoms with Crippen LogP contribution in [-0.2, 0) is 9.53 Å². The van der Waals surface area contributed by atoms with E-state index in [-0.39, 0.29) is 5.41 Å². The molecule has 1 amide bonds. The largest absolute Gasteiger partial charge is 0.381 e. The first-order valence-electron chi connectivity index (χ1n) is 8.94. The monoisotopic (exact) mass is 349 g/mol. The third kappa shape index (κ3) is 2.78. The first-order valence-corrected chi connectivity index (χ1v) is 9.32. The summed E-state index contributed by atoms with van der Waals surface area (Å²) in [6, 6.07) is 4.08. The zero-order valence-corrected chi connectivity index (χ0v) is 14.7. The summed E-state index contributed by atoms with van der Waals surface area (Å²) >= 11 is 6.33. The molecule has 0 bridgehead atoms.